The Labute approximate surface area is 99.3 Å². The smallest absolute Gasteiger partial charge is 0.137 e. The van der Waals surface area contributed by atoms with Crippen LogP contribution in [0.4, 0.5) is 0 Å². The molecule has 1 atom stereocenters. The van der Waals surface area contributed by atoms with Crippen LogP contribution in [0, 0.1) is 11.3 Å². The molecule has 0 amide bonds. The monoisotopic (exact) mass is 235 g/mol. The van der Waals surface area contributed by atoms with Crippen LogP contribution >= 0.6 is 23.5 Å². The third-order valence-corrected chi connectivity index (χ3v) is 4.96. The molecular formula is C12H13NS2. The number of fused-ring (bicyclic) bond motifs is 1. The highest BCUT2D eigenvalue weighted by Crippen LogP contribution is 2.43. The standard InChI is InChI=1S/C12H13NS2/c1-14-9-12(8-13)11-5-3-2-4-10(11)6-7-15-12/h2-5H,6-7,9H2,1H3. The van der Waals surface area contributed by atoms with Crippen molar-refractivity contribution < 1.29 is 0 Å². The van der Waals surface area contributed by atoms with Gasteiger partial charge in [0.2, 0.25) is 0 Å². The first kappa shape index (κ1) is 10.9. The molecule has 0 fully saturated rings. The maximum atomic E-state index is 9.44. The second-order valence-electron chi connectivity index (χ2n) is 3.63. The number of aryl methyl sites for hydroxylation is 1. The van der Waals surface area contributed by atoms with Gasteiger partial charge in [-0.1, -0.05) is 24.3 Å². The summed E-state index contributed by atoms with van der Waals surface area (Å²) in [5.41, 5.74) is 2.59. The molecule has 1 nitrogen and oxygen atoms in total. The SMILES string of the molecule is CSCC1(C#N)SCCc2ccccc21. The van der Waals surface area contributed by atoms with Crippen molar-refractivity contribution >= 4 is 23.5 Å². The summed E-state index contributed by atoms with van der Waals surface area (Å²) >= 11 is 3.55. The van der Waals surface area contributed by atoms with E-state index in [1.165, 1.54) is 11.1 Å². The summed E-state index contributed by atoms with van der Waals surface area (Å²) in [6.07, 6.45) is 3.16. The van der Waals surface area contributed by atoms with Gasteiger partial charge in [-0.15, -0.1) is 11.8 Å². The average molecular weight is 235 g/mol. The number of nitrogens with zero attached hydrogens (tertiary/aromatic N) is 1. The first-order valence-corrected chi connectivity index (χ1v) is 7.33. The average Bonchev–Trinajstić information content (AvgIpc) is 2.30. The predicted molar refractivity (Wildman–Crippen MR) is 68.3 cm³/mol. The van der Waals surface area contributed by atoms with E-state index in [-0.39, 0.29) is 4.75 Å². The van der Waals surface area contributed by atoms with Crippen LogP contribution < -0.4 is 0 Å². The van der Waals surface area contributed by atoms with E-state index in [0.717, 1.165) is 17.9 Å². The van der Waals surface area contributed by atoms with Gasteiger partial charge in [0.25, 0.3) is 0 Å². The molecule has 1 aromatic carbocycles. The van der Waals surface area contributed by atoms with Gasteiger partial charge in [0.15, 0.2) is 0 Å². The van der Waals surface area contributed by atoms with E-state index < -0.39 is 0 Å². The van der Waals surface area contributed by atoms with Crippen molar-refractivity contribution in [2.24, 2.45) is 0 Å². The molecule has 0 aliphatic carbocycles. The fourth-order valence-corrected chi connectivity index (χ4v) is 4.40. The van der Waals surface area contributed by atoms with Gasteiger partial charge >= 0.3 is 0 Å². The van der Waals surface area contributed by atoms with Crippen LogP contribution in [0.15, 0.2) is 24.3 Å². The summed E-state index contributed by atoms with van der Waals surface area (Å²) in [7, 11) is 0. The number of rotatable bonds is 2. The van der Waals surface area contributed by atoms with Crippen LogP contribution in [0.2, 0.25) is 0 Å². The van der Waals surface area contributed by atoms with Gasteiger partial charge < -0.3 is 0 Å². The highest BCUT2D eigenvalue weighted by Gasteiger charge is 2.36. The van der Waals surface area contributed by atoms with Crippen molar-refractivity contribution in [3.63, 3.8) is 0 Å². The maximum Gasteiger partial charge on any atom is 0.137 e. The van der Waals surface area contributed by atoms with Crippen LogP contribution in [0.5, 0.6) is 0 Å². The van der Waals surface area contributed by atoms with Crippen molar-refractivity contribution in [2.75, 3.05) is 17.8 Å². The lowest BCUT2D eigenvalue weighted by Crippen LogP contribution is -2.29. The molecule has 0 spiro atoms. The molecule has 1 aliphatic rings. The van der Waals surface area contributed by atoms with Gasteiger partial charge in [0.05, 0.1) is 6.07 Å². The van der Waals surface area contributed by atoms with E-state index in [4.69, 9.17) is 0 Å². The fourth-order valence-electron chi connectivity index (χ4n) is 1.99. The fraction of sp³-hybridized carbons (Fsp3) is 0.417. The largest absolute Gasteiger partial charge is 0.196 e. The lowest BCUT2D eigenvalue weighted by molar-refractivity contribution is 0.859. The highest BCUT2D eigenvalue weighted by atomic mass is 32.2. The number of benzene rings is 1. The summed E-state index contributed by atoms with van der Waals surface area (Å²) in [5.74, 6) is 1.94. The van der Waals surface area contributed by atoms with Crippen molar-refractivity contribution in [2.45, 2.75) is 11.2 Å². The minimum atomic E-state index is -0.311. The molecule has 0 saturated heterocycles. The van der Waals surface area contributed by atoms with Gasteiger partial charge in [-0.2, -0.15) is 17.0 Å². The Bertz CT molecular complexity index is 397. The Kier molecular flexibility index (Phi) is 3.28. The van der Waals surface area contributed by atoms with Crippen molar-refractivity contribution in [1.29, 1.82) is 5.26 Å². The maximum absolute atomic E-state index is 9.44. The van der Waals surface area contributed by atoms with E-state index in [1.54, 1.807) is 23.5 Å². The van der Waals surface area contributed by atoms with Crippen LogP contribution in [0.3, 0.4) is 0 Å². The molecule has 0 N–H and O–H groups in total. The molecule has 0 aromatic heterocycles. The number of nitriles is 1. The first-order valence-electron chi connectivity index (χ1n) is 4.95. The lowest BCUT2D eigenvalue weighted by Gasteiger charge is -2.32. The Morgan fingerprint density at radius 1 is 1.53 bits per heavy atom. The Morgan fingerprint density at radius 3 is 3.07 bits per heavy atom. The summed E-state index contributed by atoms with van der Waals surface area (Å²) in [5, 5.41) is 9.44. The molecule has 2 rings (SSSR count). The third kappa shape index (κ3) is 1.89. The number of thioether (sulfide) groups is 2. The molecule has 1 unspecified atom stereocenters. The summed E-state index contributed by atoms with van der Waals surface area (Å²) in [4.78, 5) is 0. The summed E-state index contributed by atoms with van der Waals surface area (Å²) < 4.78 is -0.311. The van der Waals surface area contributed by atoms with Gasteiger partial charge in [0, 0.05) is 5.75 Å². The molecular weight excluding hydrogens is 222 g/mol. The second-order valence-corrected chi connectivity index (χ2v) is 5.89. The molecule has 0 bridgehead atoms. The van der Waals surface area contributed by atoms with E-state index in [1.807, 2.05) is 6.07 Å². The van der Waals surface area contributed by atoms with Crippen molar-refractivity contribution in [1.82, 2.24) is 0 Å². The zero-order chi connectivity index (χ0) is 10.7. The summed E-state index contributed by atoms with van der Waals surface area (Å²) in [6, 6.07) is 10.9. The Morgan fingerprint density at radius 2 is 2.33 bits per heavy atom. The van der Waals surface area contributed by atoms with Gasteiger partial charge in [-0.25, -0.2) is 0 Å². The number of hydrogen-bond donors (Lipinski definition) is 0. The lowest BCUT2D eigenvalue weighted by atomic mass is 9.94. The first-order chi connectivity index (χ1) is 7.32. The van der Waals surface area contributed by atoms with Crippen molar-refractivity contribution in [3.05, 3.63) is 35.4 Å². The van der Waals surface area contributed by atoms with Crippen LogP contribution in [0.1, 0.15) is 11.1 Å². The topological polar surface area (TPSA) is 23.8 Å². The van der Waals surface area contributed by atoms with Crippen LogP contribution in [-0.4, -0.2) is 17.8 Å². The zero-order valence-electron chi connectivity index (χ0n) is 8.69. The number of hydrogen-bond acceptors (Lipinski definition) is 3. The molecule has 0 saturated carbocycles. The third-order valence-electron chi connectivity index (χ3n) is 2.70. The van der Waals surface area contributed by atoms with Crippen LogP contribution in [0.25, 0.3) is 0 Å². The molecule has 1 aromatic rings. The molecule has 0 radical (unpaired) electrons. The highest BCUT2D eigenvalue weighted by molar-refractivity contribution is 8.03. The normalized spacial score (nSPS) is 24.3. The van der Waals surface area contributed by atoms with Gasteiger partial charge in [-0.3, -0.25) is 0 Å². The van der Waals surface area contributed by atoms with E-state index in [2.05, 4.69) is 30.5 Å². The molecule has 15 heavy (non-hydrogen) atoms. The van der Waals surface area contributed by atoms with Crippen LogP contribution in [-0.2, 0) is 11.2 Å². The predicted octanol–water partition coefficient (Wildman–Crippen LogP) is 3.06. The van der Waals surface area contributed by atoms with E-state index in [0.29, 0.717) is 0 Å². The quantitative estimate of drug-likeness (QED) is 0.787. The van der Waals surface area contributed by atoms with Gasteiger partial charge in [0.1, 0.15) is 4.75 Å². The molecule has 1 heterocycles. The molecule has 1 aliphatic heterocycles. The molecule has 3 heteroatoms. The Hall–Kier alpha value is -0.590. The minimum Gasteiger partial charge on any atom is -0.196 e. The van der Waals surface area contributed by atoms with Gasteiger partial charge in [-0.05, 0) is 29.6 Å². The minimum absolute atomic E-state index is 0.311. The van der Waals surface area contributed by atoms with Crippen molar-refractivity contribution in [3.8, 4) is 6.07 Å². The molecule has 78 valence electrons. The van der Waals surface area contributed by atoms with E-state index >= 15 is 0 Å². The zero-order valence-corrected chi connectivity index (χ0v) is 10.3. The second kappa shape index (κ2) is 4.51. The van der Waals surface area contributed by atoms with E-state index in [9.17, 15) is 5.26 Å². The summed E-state index contributed by atoms with van der Waals surface area (Å²) in [6.45, 7) is 0. The Balaban J connectivity index is 2.48.